The first-order valence-corrected chi connectivity index (χ1v) is 15.0. The Bertz CT molecular complexity index is 960. The van der Waals surface area contributed by atoms with Crippen molar-refractivity contribution in [1.29, 1.82) is 0 Å². The number of carbonyl (C=O) groups is 2. The summed E-state index contributed by atoms with van der Waals surface area (Å²) in [5, 5.41) is 9.36. The molecule has 1 saturated heterocycles. The first kappa shape index (κ1) is 30.1. The molecule has 2 aromatic rings. The average molecular weight is 520 g/mol. The SMILES string of the molecule is CCC(CCCC(CCCC(C)c1ccccc1)C1CC(=O)N(CCO)C1=O)CC(CC)c1ccccc1. The van der Waals surface area contributed by atoms with Crippen molar-refractivity contribution in [3.8, 4) is 0 Å². The van der Waals surface area contributed by atoms with Crippen LogP contribution in [0, 0.1) is 17.8 Å². The third-order valence-electron chi connectivity index (χ3n) is 8.90. The number of amides is 2. The van der Waals surface area contributed by atoms with Crippen LogP contribution in [-0.2, 0) is 9.59 Å². The van der Waals surface area contributed by atoms with E-state index in [1.165, 1.54) is 35.3 Å². The van der Waals surface area contributed by atoms with Crippen molar-refractivity contribution in [2.75, 3.05) is 13.2 Å². The van der Waals surface area contributed by atoms with E-state index in [0.29, 0.717) is 24.2 Å². The lowest BCUT2D eigenvalue weighted by Crippen LogP contribution is -2.34. The molecule has 1 aliphatic heterocycles. The molecule has 4 heteroatoms. The molecular formula is C34H49NO3. The van der Waals surface area contributed by atoms with Gasteiger partial charge in [0.05, 0.1) is 19.1 Å². The normalized spacial score (nSPS) is 18.9. The van der Waals surface area contributed by atoms with Crippen molar-refractivity contribution in [3.63, 3.8) is 0 Å². The Morgan fingerprint density at radius 2 is 1.45 bits per heavy atom. The van der Waals surface area contributed by atoms with Crippen LogP contribution in [0.25, 0.3) is 0 Å². The van der Waals surface area contributed by atoms with Crippen LogP contribution in [0.1, 0.15) is 108 Å². The predicted molar refractivity (Wildman–Crippen MR) is 156 cm³/mol. The van der Waals surface area contributed by atoms with Gasteiger partial charge in [0.25, 0.3) is 0 Å². The molecule has 3 rings (SSSR count). The highest BCUT2D eigenvalue weighted by molar-refractivity contribution is 6.03. The van der Waals surface area contributed by atoms with Gasteiger partial charge in [-0.25, -0.2) is 0 Å². The van der Waals surface area contributed by atoms with Gasteiger partial charge in [-0.3, -0.25) is 14.5 Å². The van der Waals surface area contributed by atoms with Crippen molar-refractivity contribution in [1.82, 2.24) is 4.90 Å². The zero-order valence-corrected chi connectivity index (χ0v) is 23.9. The molecule has 5 atom stereocenters. The van der Waals surface area contributed by atoms with Gasteiger partial charge in [-0.2, -0.15) is 0 Å². The first-order chi connectivity index (χ1) is 18.5. The molecule has 2 aromatic carbocycles. The maximum atomic E-state index is 13.2. The van der Waals surface area contributed by atoms with Gasteiger partial charge in [-0.15, -0.1) is 0 Å². The Kier molecular flexibility index (Phi) is 12.5. The minimum absolute atomic E-state index is 0.0627. The molecule has 2 amide bonds. The van der Waals surface area contributed by atoms with Crippen LogP contribution in [0.15, 0.2) is 60.7 Å². The topological polar surface area (TPSA) is 57.6 Å². The Balaban J connectivity index is 1.59. The van der Waals surface area contributed by atoms with Gasteiger partial charge in [-0.1, -0.05) is 107 Å². The second-order valence-corrected chi connectivity index (χ2v) is 11.4. The van der Waals surface area contributed by atoms with E-state index >= 15 is 0 Å². The number of aliphatic hydroxyl groups is 1. The predicted octanol–water partition coefficient (Wildman–Crippen LogP) is 7.72. The van der Waals surface area contributed by atoms with E-state index in [9.17, 15) is 14.7 Å². The van der Waals surface area contributed by atoms with E-state index in [-0.39, 0.29) is 36.8 Å². The number of hydrogen-bond acceptors (Lipinski definition) is 3. The molecule has 208 valence electrons. The molecule has 0 spiro atoms. The molecule has 5 unspecified atom stereocenters. The Morgan fingerprint density at radius 3 is 2.03 bits per heavy atom. The second-order valence-electron chi connectivity index (χ2n) is 11.4. The zero-order valence-electron chi connectivity index (χ0n) is 23.9. The third-order valence-corrected chi connectivity index (χ3v) is 8.90. The smallest absolute Gasteiger partial charge is 0.233 e. The van der Waals surface area contributed by atoms with Gasteiger partial charge < -0.3 is 5.11 Å². The van der Waals surface area contributed by atoms with Crippen LogP contribution in [-0.4, -0.2) is 35.0 Å². The monoisotopic (exact) mass is 519 g/mol. The van der Waals surface area contributed by atoms with E-state index in [2.05, 4.69) is 81.4 Å². The number of carbonyl (C=O) groups excluding carboxylic acids is 2. The molecule has 38 heavy (non-hydrogen) atoms. The maximum absolute atomic E-state index is 13.2. The minimum atomic E-state index is -0.228. The zero-order chi connectivity index (χ0) is 27.3. The Morgan fingerprint density at radius 1 is 0.842 bits per heavy atom. The largest absolute Gasteiger partial charge is 0.395 e. The summed E-state index contributed by atoms with van der Waals surface area (Å²) in [6.07, 6.45) is 10.2. The molecular weight excluding hydrogens is 470 g/mol. The van der Waals surface area contributed by atoms with Crippen molar-refractivity contribution >= 4 is 11.8 Å². The highest BCUT2D eigenvalue weighted by Gasteiger charge is 2.42. The fraction of sp³-hybridized carbons (Fsp3) is 0.588. The van der Waals surface area contributed by atoms with Crippen molar-refractivity contribution in [3.05, 3.63) is 71.8 Å². The summed E-state index contributed by atoms with van der Waals surface area (Å²) in [4.78, 5) is 27.0. The lowest BCUT2D eigenvalue weighted by Gasteiger charge is -2.25. The van der Waals surface area contributed by atoms with Crippen molar-refractivity contribution in [2.24, 2.45) is 17.8 Å². The van der Waals surface area contributed by atoms with Crippen LogP contribution in [0.2, 0.25) is 0 Å². The van der Waals surface area contributed by atoms with Crippen molar-refractivity contribution < 1.29 is 14.7 Å². The second kappa shape index (κ2) is 15.8. The quantitative estimate of drug-likeness (QED) is 0.218. The fourth-order valence-corrected chi connectivity index (χ4v) is 6.42. The number of hydrogen-bond donors (Lipinski definition) is 1. The maximum Gasteiger partial charge on any atom is 0.233 e. The van der Waals surface area contributed by atoms with Gasteiger partial charge in [0.15, 0.2) is 0 Å². The van der Waals surface area contributed by atoms with Crippen LogP contribution in [0.3, 0.4) is 0 Å². The van der Waals surface area contributed by atoms with Crippen LogP contribution in [0.4, 0.5) is 0 Å². The van der Waals surface area contributed by atoms with Crippen LogP contribution >= 0.6 is 0 Å². The number of imide groups is 1. The first-order valence-electron chi connectivity index (χ1n) is 15.0. The highest BCUT2D eigenvalue weighted by Crippen LogP contribution is 2.36. The highest BCUT2D eigenvalue weighted by atomic mass is 16.3. The molecule has 1 heterocycles. The number of rotatable bonds is 17. The minimum Gasteiger partial charge on any atom is -0.395 e. The number of aliphatic hydroxyl groups excluding tert-OH is 1. The lowest BCUT2D eigenvalue weighted by molar-refractivity contribution is -0.140. The molecule has 1 fully saturated rings. The fourth-order valence-electron chi connectivity index (χ4n) is 6.42. The summed E-state index contributed by atoms with van der Waals surface area (Å²) in [6, 6.07) is 21.5. The van der Waals surface area contributed by atoms with Gasteiger partial charge in [0.2, 0.25) is 11.8 Å². The van der Waals surface area contributed by atoms with Gasteiger partial charge in [0, 0.05) is 6.42 Å². The summed E-state index contributed by atoms with van der Waals surface area (Å²) in [5.74, 6) is 1.57. The van der Waals surface area contributed by atoms with Gasteiger partial charge in [-0.05, 0) is 66.9 Å². The molecule has 4 nitrogen and oxygen atoms in total. The van der Waals surface area contributed by atoms with Gasteiger partial charge >= 0.3 is 0 Å². The average Bonchev–Trinajstić information content (AvgIpc) is 3.23. The third kappa shape index (κ3) is 8.53. The summed E-state index contributed by atoms with van der Waals surface area (Å²) >= 11 is 0. The van der Waals surface area contributed by atoms with E-state index in [0.717, 1.165) is 38.5 Å². The van der Waals surface area contributed by atoms with Crippen LogP contribution < -0.4 is 0 Å². The summed E-state index contributed by atoms with van der Waals surface area (Å²) in [7, 11) is 0. The van der Waals surface area contributed by atoms with Gasteiger partial charge in [0.1, 0.15) is 0 Å². The number of likely N-dealkylation sites (tertiary alicyclic amines) is 1. The lowest BCUT2D eigenvalue weighted by atomic mass is 9.79. The van der Waals surface area contributed by atoms with E-state index < -0.39 is 0 Å². The van der Waals surface area contributed by atoms with E-state index in [4.69, 9.17) is 0 Å². The Labute approximate surface area is 230 Å². The summed E-state index contributed by atoms with van der Waals surface area (Å²) < 4.78 is 0. The molecule has 0 aromatic heterocycles. The molecule has 0 saturated carbocycles. The standard InChI is InChI=1S/C34H49NO3/c1-4-27(24-28(5-2)30-18-10-7-11-19-30)15-13-21-31(32-25-33(37)35(22-23-36)34(32)38)20-12-14-26(3)29-16-8-6-9-17-29/h6-11,16-19,26-28,31-32,36H,4-5,12-15,20-25H2,1-3H3. The molecule has 0 aliphatic carbocycles. The van der Waals surface area contributed by atoms with Crippen molar-refractivity contribution in [2.45, 2.75) is 96.8 Å². The number of nitrogens with zero attached hydrogens (tertiary/aromatic N) is 1. The van der Waals surface area contributed by atoms with E-state index in [1.807, 2.05) is 0 Å². The number of β-amino-alcohol motifs (C(OH)–C–C–N with tert-alkyl or cyclic N) is 1. The molecule has 1 N–H and O–H groups in total. The molecule has 0 radical (unpaired) electrons. The van der Waals surface area contributed by atoms with E-state index in [1.54, 1.807) is 0 Å². The summed E-state index contributed by atoms with van der Waals surface area (Å²) in [6.45, 7) is 6.83. The molecule has 1 aliphatic rings. The number of benzene rings is 2. The Hall–Kier alpha value is -2.46. The van der Waals surface area contributed by atoms with Crippen LogP contribution in [0.5, 0.6) is 0 Å². The summed E-state index contributed by atoms with van der Waals surface area (Å²) in [5.41, 5.74) is 2.80. The molecule has 0 bridgehead atoms.